The van der Waals surface area contributed by atoms with Crippen LogP contribution in [0.25, 0.3) is 0 Å². The van der Waals surface area contributed by atoms with Crippen LogP contribution in [0.2, 0.25) is 0 Å². The van der Waals surface area contributed by atoms with Crippen LogP contribution in [0.3, 0.4) is 0 Å². The van der Waals surface area contributed by atoms with Crippen molar-refractivity contribution >= 4 is 11.9 Å². The first-order chi connectivity index (χ1) is 10.6. The molecule has 1 unspecified atom stereocenters. The number of halogens is 3. The summed E-state index contributed by atoms with van der Waals surface area (Å²) in [5, 5.41) is 0. The highest BCUT2D eigenvalue weighted by Gasteiger charge is 2.42. The van der Waals surface area contributed by atoms with E-state index in [0.717, 1.165) is 12.6 Å². The molecule has 5 nitrogen and oxygen atoms in total. The van der Waals surface area contributed by atoms with Gasteiger partial charge in [-0.15, -0.1) is 0 Å². The standard InChI is InChI=1S/C15H18F3NO4/c1-10(19(2)14(21)15(16,17)18)8-11-4-6-12(7-5-11)23-9-13(20)22-3/h4-7,10H,8-9H2,1-3H3. The van der Waals surface area contributed by atoms with Crippen molar-refractivity contribution in [3.05, 3.63) is 29.8 Å². The quantitative estimate of drug-likeness (QED) is 0.749. The molecule has 0 aromatic heterocycles. The van der Waals surface area contributed by atoms with Gasteiger partial charge in [0, 0.05) is 13.1 Å². The Morgan fingerprint density at radius 1 is 1.22 bits per heavy atom. The Morgan fingerprint density at radius 2 is 1.78 bits per heavy atom. The molecule has 128 valence electrons. The zero-order chi connectivity index (χ0) is 17.6. The van der Waals surface area contributed by atoms with E-state index < -0.39 is 24.1 Å². The van der Waals surface area contributed by atoms with E-state index in [1.807, 2.05) is 0 Å². The third kappa shape index (κ3) is 5.80. The van der Waals surface area contributed by atoms with Crippen LogP contribution in [0.4, 0.5) is 13.2 Å². The van der Waals surface area contributed by atoms with Gasteiger partial charge in [-0.25, -0.2) is 4.79 Å². The van der Waals surface area contributed by atoms with Gasteiger partial charge in [-0.1, -0.05) is 12.1 Å². The predicted molar refractivity (Wildman–Crippen MR) is 75.9 cm³/mol. The Kier molecular flexibility index (Phi) is 6.41. The fourth-order valence-corrected chi connectivity index (χ4v) is 1.80. The van der Waals surface area contributed by atoms with Gasteiger partial charge in [0.1, 0.15) is 5.75 Å². The topological polar surface area (TPSA) is 55.8 Å². The van der Waals surface area contributed by atoms with E-state index in [2.05, 4.69) is 4.74 Å². The molecule has 0 heterocycles. The lowest BCUT2D eigenvalue weighted by atomic mass is 10.1. The largest absolute Gasteiger partial charge is 0.482 e. The van der Waals surface area contributed by atoms with E-state index in [1.54, 1.807) is 24.3 Å². The normalized spacial score (nSPS) is 12.4. The third-order valence-corrected chi connectivity index (χ3v) is 3.26. The Morgan fingerprint density at radius 3 is 2.26 bits per heavy atom. The van der Waals surface area contributed by atoms with Crippen LogP contribution < -0.4 is 4.74 Å². The van der Waals surface area contributed by atoms with E-state index in [-0.39, 0.29) is 13.0 Å². The summed E-state index contributed by atoms with van der Waals surface area (Å²) >= 11 is 0. The maximum atomic E-state index is 12.4. The summed E-state index contributed by atoms with van der Waals surface area (Å²) in [7, 11) is 2.36. The Balaban J connectivity index is 2.60. The molecular formula is C15H18F3NO4. The Hall–Kier alpha value is -2.25. The lowest BCUT2D eigenvalue weighted by Crippen LogP contribution is -2.44. The van der Waals surface area contributed by atoms with E-state index in [4.69, 9.17) is 4.74 Å². The van der Waals surface area contributed by atoms with Crippen LogP contribution in [0.15, 0.2) is 24.3 Å². The van der Waals surface area contributed by atoms with Gasteiger partial charge in [-0.3, -0.25) is 4.79 Å². The molecule has 1 rings (SSSR count). The van der Waals surface area contributed by atoms with Crippen LogP contribution in [-0.2, 0) is 20.7 Å². The molecule has 0 saturated heterocycles. The van der Waals surface area contributed by atoms with Crippen molar-refractivity contribution in [2.24, 2.45) is 0 Å². The molecule has 1 atom stereocenters. The number of alkyl halides is 3. The molecule has 1 amide bonds. The molecule has 0 N–H and O–H groups in total. The summed E-state index contributed by atoms with van der Waals surface area (Å²) in [6.07, 6.45) is -4.62. The first-order valence-corrected chi connectivity index (χ1v) is 6.77. The first-order valence-electron chi connectivity index (χ1n) is 6.77. The van der Waals surface area contributed by atoms with Crippen molar-refractivity contribution in [1.29, 1.82) is 0 Å². The molecule has 1 aromatic rings. The summed E-state index contributed by atoms with van der Waals surface area (Å²) in [4.78, 5) is 22.8. The molecule has 23 heavy (non-hydrogen) atoms. The summed E-state index contributed by atoms with van der Waals surface area (Å²) in [5.41, 5.74) is 0.741. The van der Waals surface area contributed by atoms with Crippen LogP contribution in [0.1, 0.15) is 12.5 Å². The van der Waals surface area contributed by atoms with Crippen molar-refractivity contribution < 1.29 is 32.2 Å². The van der Waals surface area contributed by atoms with E-state index >= 15 is 0 Å². The van der Waals surface area contributed by atoms with Gasteiger partial charge in [-0.05, 0) is 31.0 Å². The number of nitrogens with zero attached hydrogens (tertiary/aromatic N) is 1. The van der Waals surface area contributed by atoms with Crippen LogP contribution in [0, 0.1) is 0 Å². The van der Waals surface area contributed by atoms with Crippen molar-refractivity contribution in [1.82, 2.24) is 4.90 Å². The number of amides is 1. The number of ether oxygens (including phenoxy) is 2. The maximum Gasteiger partial charge on any atom is 0.471 e. The number of carbonyl (C=O) groups excluding carboxylic acids is 2. The van der Waals surface area contributed by atoms with Gasteiger partial charge in [0.2, 0.25) is 0 Å². The minimum absolute atomic E-state index is 0.227. The zero-order valence-corrected chi connectivity index (χ0v) is 13.0. The molecule has 0 aliphatic heterocycles. The molecular weight excluding hydrogens is 315 g/mol. The highest BCUT2D eigenvalue weighted by Crippen LogP contribution is 2.20. The second-order valence-corrected chi connectivity index (χ2v) is 4.98. The Labute approximate surface area is 132 Å². The molecule has 0 bridgehead atoms. The van der Waals surface area contributed by atoms with Gasteiger partial charge in [0.15, 0.2) is 6.61 Å². The number of rotatable bonds is 6. The molecule has 1 aromatic carbocycles. The van der Waals surface area contributed by atoms with E-state index in [9.17, 15) is 22.8 Å². The van der Waals surface area contributed by atoms with Gasteiger partial charge >= 0.3 is 18.1 Å². The summed E-state index contributed by atoms with van der Waals surface area (Å²) in [6, 6.07) is 5.89. The monoisotopic (exact) mass is 333 g/mol. The highest BCUT2D eigenvalue weighted by molar-refractivity contribution is 5.81. The smallest absolute Gasteiger partial charge is 0.471 e. The minimum Gasteiger partial charge on any atom is -0.482 e. The van der Waals surface area contributed by atoms with E-state index in [1.165, 1.54) is 14.0 Å². The fraction of sp³-hybridized carbons (Fsp3) is 0.467. The molecule has 0 spiro atoms. The maximum absolute atomic E-state index is 12.4. The number of methoxy groups -OCH3 is 1. The number of likely N-dealkylation sites (N-methyl/N-ethyl adjacent to an activating group) is 1. The van der Waals surface area contributed by atoms with Crippen molar-refractivity contribution in [2.45, 2.75) is 25.6 Å². The molecule has 0 radical (unpaired) electrons. The third-order valence-electron chi connectivity index (χ3n) is 3.26. The second kappa shape index (κ2) is 7.85. The number of esters is 1. The van der Waals surface area contributed by atoms with Gasteiger partial charge in [-0.2, -0.15) is 13.2 Å². The SMILES string of the molecule is COC(=O)COc1ccc(CC(C)N(C)C(=O)C(F)(F)F)cc1. The summed E-state index contributed by atoms with van der Waals surface area (Å²) in [6.45, 7) is 1.31. The lowest BCUT2D eigenvalue weighted by molar-refractivity contribution is -0.185. The molecule has 0 aliphatic rings. The van der Waals surface area contributed by atoms with Crippen LogP contribution in [0.5, 0.6) is 5.75 Å². The minimum atomic E-state index is -4.88. The first kappa shape index (κ1) is 18.8. The van der Waals surface area contributed by atoms with E-state index in [0.29, 0.717) is 10.6 Å². The number of carbonyl (C=O) groups is 2. The zero-order valence-electron chi connectivity index (χ0n) is 13.0. The van der Waals surface area contributed by atoms with Gasteiger partial charge < -0.3 is 14.4 Å². The second-order valence-electron chi connectivity index (χ2n) is 4.98. The Bertz CT molecular complexity index is 543. The molecule has 0 fully saturated rings. The van der Waals surface area contributed by atoms with Crippen molar-refractivity contribution in [3.8, 4) is 5.75 Å². The summed E-state index contributed by atoms with van der Waals surface area (Å²) < 4.78 is 46.7. The fourth-order valence-electron chi connectivity index (χ4n) is 1.80. The van der Waals surface area contributed by atoms with Gasteiger partial charge in [0.25, 0.3) is 0 Å². The van der Waals surface area contributed by atoms with Crippen molar-refractivity contribution in [2.75, 3.05) is 20.8 Å². The molecule has 8 heteroatoms. The average molecular weight is 333 g/mol. The number of benzene rings is 1. The van der Waals surface area contributed by atoms with Gasteiger partial charge in [0.05, 0.1) is 7.11 Å². The molecule has 0 saturated carbocycles. The number of hydrogen-bond donors (Lipinski definition) is 0. The van der Waals surface area contributed by atoms with Crippen molar-refractivity contribution in [3.63, 3.8) is 0 Å². The van der Waals surface area contributed by atoms with Crippen LogP contribution in [-0.4, -0.2) is 49.8 Å². The molecule has 0 aliphatic carbocycles. The highest BCUT2D eigenvalue weighted by atomic mass is 19.4. The van der Waals surface area contributed by atoms with Crippen LogP contribution >= 0.6 is 0 Å². The summed E-state index contributed by atoms with van der Waals surface area (Å²) in [5.74, 6) is -1.95. The number of hydrogen-bond acceptors (Lipinski definition) is 4. The average Bonchev–Trinajstić information content (AvgIpc) is 2.51. The predicted octanol–water partition coefficient (Wildman–Crippen LogP) is 2.19. The lowest BCUT2D eigenvalue weighted by Gasteiger charge is -2.25.